The number of hydrogen-bond donors (Lipinski definition) is 1. The number of allylic oxidation sites excluding steroid dienone is 1. The predicted octanol–water partition coefficient (Wildman–Crippen LogP) is 3.55. The van der Waals surface area contributed by atoms with Gasteiger partial charge in [0.1, 0.15) is 5.75 Å². The van der Waals surface area contributed by atoms with Gasteiger partial charge in [0.15, 0.2) is 0 Å². The standard InChI is InChI=1S/C20H27NO4/c1-5-14(6-2)12-25-20(23)19-13(3)21-18(22)11-16(19)15-9-7-8-10-17(15)24-4/h7-10,14,16H,5-6,11-12H2,1-4H3,(H,21,22)/t16-/m1/s1. The lowest BCUT2D eigenvalue weighted by Gasteiger charge is -2.28. The topological polar surface area (TPSA) is 64.6 Å². The minimum absolute atomic E-state index is 0.107. The van der Waals surface area contributed by atoms with Crippen LogP contribution in [0.1, 0.15) is 51.5 Å². The van der Waals surface area contributed by atoms with Crippen LogP contribution in [0.5, 0.6) is 5.75 Å². The summed E-state index contributed by atoms with van der Waals surface area (Å²) in [5.74, 6) is 0.192. The third-order valence-corrected chi connectivity index (χ3v) is 4.81. The smallest absolute Gasteiger partial charge is 0.336 e. The fourth-order valence-corrected chi connectivity index (χ4v) is 3.19. The van der Waals surface area contributed by atoms with Crippen LogP contribution in [-0.4, -0.2) is 25.6 Å². The SMILES string of the molecule is CCC(CC)COC(=O)C1=C(C)NC(=O)C[C@@H]1c1ccccc1OC. The van der Waals surface area contributed by atoms with E-state index in [4.69, 9.17) is 9.47 Å². The number of ether oxygens (including phenoxy) is 2. The van der Waals surface area contributed by atoms with Crippen molar-refractivity contribution in [2.75, 3.05) is 13.7 Å². The van der Waals surface area contributed by atoms with E-state index in [0.717, 1.165) is 18.4 Å². The molecule has 1 aromatic rings. The van der Waals surface area contributed by atoms with Gasteiger partial charge in [0, 0.05) is 23.6 Å². The van der Waals surface area contributed by atoms with Crippen molar-refractivity contribution in [2.24, 2.45) is 5.92 Å². The van der Waals surface area contributed by atoms with Gasteiger partial charge >= 0.3 is 5.97 Å². The number of rotatable bonds is 7. The van der Waals surface area contributed by atoms with Crippen molar-refractivity contribution in [3.63, 3.8) is 0 Å². The Balaban J connectivity index is 2.32. The van der Waals surface area contributed by atoms with Crippen molar-refractivity contribution < 1.29 is 19.1 Å². The van der Waals surface area contributed by atoms with Crippen LogP contribution in [0, 0.1) is 5.92 Å². The van der Waals surface area contributed by atoms with Gasteiger partial charge in [0.25, 0.3) is 0 Å². The summed E-state index contributed by atoms with van der Waals surface area (Å²) in [7, 11) is 1.59. The van der Waals surface area contributed by atoms with E-state index in [1.54, 1.807) is 14.0 Å². The third-order valence-electron chi connectivity index (χ3n) is 4.81. The molecule has 1 N–H and O–H groups in total. The van der Waals surface area contributed by atoms with Crippen molar-refractivity contribution >= 4 is 11.9 Å². The average molecular weight is 345 g/mol. The first-order valence-corrected chi connectivity index (χ1v) is 8.82. The Morgan fingerprint density at radius 1 is 1.28 bits per heavy atom. The first kappa shape index (κ1) is 19.0. The van der Waals surface area contributed by atoms with Crippen molar-refractivity contribution in [1.29, 1.82) is 0 Å². The zero-order valence-electron chi connectivity index (χ0n) is 15.4. The molecule has 0 unspecified atom stereocenters. The number of para-hydroxylation sites is 1. The second kappa shape index (κ2) is 8.70. The van der Waals surface area contributed by atoms with Crippen LogP contribution in [0.25, 0.3) is 0 Å². The van der Waals surface area contributed by atoms with Crippen LogP contribution in [0.2, 0.25) is 0 Å². The Morgan fingerprint density at radius 3 is 2.60 bits per heavy atom. The average Bonchev–Trinajstić information content (AvgIpc) is 2.61. The molecular formula is C20H27NO4. The molecule has 0 saturated heterocycles. The number of esters is 1. The van der Waals surface area contributed by atoms with Crippen LogP contribution in [-0.2, 0) is 14.3 Å². The first-order valence-electron chi connectivity index (χ1n) is 8.82. The monoisotopic (exact) mass is 345 g/mol. The summed E-state index contributed by atoms with van der Waals surface area (Å²) >= 11 is 0. The van der Waals surface area contributed by atoms with Crippen molar-refractivity contribution in [3.8, 4) is 5.75 Å². The molecule has 1 atom stereocenters. The summed E-state index contributed by atoms with van der Waals surface area (Å²) < 4.78 is 11.0. The highest BCUT2D eigenvalue weighted by Crippen LogP contribution is 2.38. The van der Waals surface area contributed by atoms with E-state index in [-0.39, 0.29) is 24.2 Å². The fourth-order valence-electron chi connectivity index (χ4n) is 3.19. The summed E-state index contributed by atoms with van der Waals surface area (Å²) in [5.41, 5.74) is 1.89. The summed E-state index contributed by atoms with van der Waals surface area (Å²) in [6.07, 6.45) is 2.14. The lowest BCUT2D eigenvalue weighted by Crippen LogP contribution is -2.34. The lowest BCUT2D eigenvalue weighted by molar-refractivity contribution is -0.141. The molecule has 0 radical (unpaired) electrons. The zero-order chi connectivity index (χ0) is 18.4. The maximum absolute atomic E-state index is 12.8. The minimum atomic E-state index is -0.362. The van der Waals surface area contributed by atoms with Gasteiger partial charge in [-0.25, -0.2) is 4.79 Å². The van der Waals surface area contributed by atoms with Gasteiger partial charge < -0.3 is 14.8 Å². The minimum Gasteiger partial charge on any atom is -0.496 e. The molecule has 1 aliphatic rings. The van der Waals surface area contributed by atoms with Gasteiger partial charge in [0.2, 0.25) is 5.91 Å². The number of hydrogen-bond acceptors (Lipinski definition) is 4. The molecule has 0 saturated carbocycles. The summed E-state index contributed by atoms with van der Waals surface area (Å²) in [6.45, 7) is 6.32. The number of methoxy groups -OCH3 is 1. The molecule has 1 aliphatic heterocycles. The van der Waals surface area contributed by atoms with Gasteiger partial charge in [-0.05, 0) is 18.9 Å². The van der Waals surface area contributed by atoms with Gasteiger partial charge in [-0.1, -0.05) is 44.9 Å². The number of benzene rings is 1. The van der Waals surface area contributed by atoms with Crippen LogP contribution in [0.4, 0.5) is 0 Å². The van der Waals surface area contributed by atoms with E-state index in [0.29, 0.717) is 29.5 Å². The van der Waals surface area contributed by atoms with Crippen LogP contribution < -0.4 is 10.1 Å². The highest BCUT2D eigenvalue weighted by Gasteiger charge is 2.34. The van der Waals surface area contributed by atoms with E-state index >= 15 is 0 Å². The van der Waals surface area contributed by atoms with Crippen LogP contribution in [0.3, 0.4) is 0 Å². The van der Waals surface area contributed by atoms with Crippen LogP contribution >= 0.6 is 0 Å². The fraction of sp³-hybridized carbons (Fsp3) is 0.500. The van der Waals surface area contributed by atoms with Gasteiger partial charge in [-0.15, -0.1) is 0 Å². The second-order valence-corrected chi connectivity index (χ2v) is 6.37. The summed E-state index contributed by atoms with van der Waals surface area (Å²) in [4.78, 5) is 24.8. The van der Waals surface area contributed by atoms with E-state index < -0.39 is 0 Å². The van der Waals surface area contributed by atoms with E-state index in [2.05, 4.69) is 19.2 Å². The number of amides is 1. The number of carbonyl (C=O) groups excluding carboxylic acids is 2. The Hall–Kier alpha value is -2.30. The van der Waals surface area contributed by atoms with Crippen LogP contribution in [0.15, 0.2) is 35.5 Å². The highest BCUT2D eigenvalue weighted by molar-refractivity contribution is 5.96. The molecule has 0 fully saturated rings. The maximum Gasteiger partial charge on any atom is 0.336 e. The van der Waals surface area contributed by atoms with E-state index in [9.17, 15) is 9.59 Å². The third kappa shape index (κ3) is 4.41. The maximum atomic E-state index is 12.8. The van der Waals surface area contributed by atoms with Crippen molar-refractivity contribution in [2.45, 2.75) is 46.0 Å². The van der Waals surface area contributed by atoms with Gasteiger partial charge in [0.05, 0.1) is 19.3 Å². The van der Waals surface area contributed by atoms with Gasteiger partial charge in [-0.3, -0.25) is 4.79 Å². The number of nitrogens with one attached hydrogen (secondary N) is 1. The van der Waals surface area contributed by atoms with Crippen molar-refractivity contribution in [1.82, 2.24) is 5.32 Å². The quantitative estimate of drug-likeness (QED) is 0.768. The molecule has 1 aromatic carbocycles. The summed E-state index contributed by atoms with van der Waals surface area (Å²) in [6, 6.07) is 7.48. The molecule has 0 bridgehead atoms. The largest absolute Gasteiger partial charge is 0.496 e. The normalized spacial score (nSPS) is 17.5. The molecule has 0 aliphatic carbocycles. The Bertz CT molecular complexity index is 661. The molecule has 1 heterocycles. The highest BCUT2D eigenvalue weighted by atomic mass is 16.5. The van der Waals surface area contributed by atoms with Gasteiger partial charge in [-0.2, -0.15) is 0 Å². The molecule has 5 nitrogen and oxygen atoms in total. The van der Waals surface area contributed by atoms with E-state index in [1.807, 2.05) is 24.3 Å². The first-order chi connectivity index (χ1) is 12.0. The van der Waals surface area contributed by atoms with E-state index in [1.165, 1.54) is 0 Å². The predicted molar refractivity (Wildman–Crippen MR) is 96.2 cm³/mol. The molecule has 1 amide bonds. The molecule has 5 heteroatoms. The lowest BCUT2D eigenvalue weighted by atomic mass is 9.84. The van der Waals surface area contributed by atoms with Crippen molar-refractivity contribution in [3.05, 3.63) is 41.1 Å². The Labute approximate surface area is 149 Å². The summed E-state index contributed by atoms with van der Waals surface area (Å²) in [5, 5.41) is 2.76. The molecule has 25 heavy (non-hydrogen) atoms. The molecule has 0 aromatic heterocycles. The Morgan fingerprint density at radius 2 is 1.96 bits per heavy atom. The molecular weight excluding hydrogens is 318 g/mol. The Kier molecular flexibility index (Phi) is 6.62. The second-order valence-electron chi connectivity index (χ2n) is 6.37. The molecule has 136 valence electrons. The number of carbonyl (C=O) groups is 2. The molecule has 2 rings (SSSR count). The molecule has 0 spiro atoms. The zero-order valence-corrected chi connectivity index (χ0v) is 15.4.